The van der Waals surface area contributed by atoms with Crippen LogP contribution in [0.2, 0.25) is 4.34 Å². The predicted octanol–water partition coefficient (Wildman–Crippen LogP) is 4.41. The van der Waals surface area contributed by atoms with Gasteiger partial charge in [-0.1, -0.05) is 17.7 Å². The number of benzene rings is 1. The van der Waals surface area contributed by atoms with Crippen LogP contribution in [0.15, 0.2) is 34.8 Å². The molecule has 2 aromatic rings. The molecule has 1 nitrogen and oxygen atoms in total. The van der Waals surface area contributed by atoms with Crippen LogP contribution in [-0.2, 0) is 0 Å². The molecule has 2 N–H and O–H groups in total. The van der Waals surface area contributed by atoms with E-state index in [1.807, 2.05) is 30.3 Å². The maximum atomic E-state index is 5.86. The maximum absolute atomic E-state index is 5.86. The molecule has 0 amide bonds. The molecule has 0 fully saturated rings. The molecule has 14 heavy (non-hydrogen) atoms. The number of halogens is 2. The third kappa shape index (κ3) is 1.95. The summed E-state index contributed by atoms with van der Waals surface area (Å²) in [6.07, 6.45) is 0. The lowest BCUT2D eigenvalue weighted by atomic mass is 10.2. The summed E-state index contributed by atoms with van der Waals surface area (Å²) in [5.41, 5.74) is 7.63. The van der Waals surface area contributed by atoms with Crippen molar-refractivity contribution in [2.24, 2.45) is 0 Å². The molecule has 0 spiro atoms. The van der Waals surface area contributed by atoms with Crippen LogP contribution in [0.5, 0.6) is 0 Å². The van der Waals surface area contributed by atoms with Crippen LogP contribution in [0.1, 0.15) is 0 Å². The standard InChI is InChI=1S/C10H7BrClNS/c11-7-2-1-6(5-8(7)13)9-3-4-10(12)14-9/h1-5H,13H2. The Bertz CT molecular complexity index is 467. The number of rotatable bonds is 1. The van der Waals surface area contributed by atoms with E-state index >= 15 is 0 Å². The number of anilines is 1. The molecule has 0 saturated carbocycles. The summed E-state index contributed by atoms with van der Waals surface area (Å²) >= 11 is 10.8. The van der Waals surface area contributed by atoms with E-state index in [-0.39, 0.29) is 0 Å². The van der Waals surface area contributed by atoms with Gasteiger partial charge in [-0.3, -0.25) is 0 Å². The molecule has 2 rings (SSSR count). The molecule has 0 saturated heterocycles. The first-order chi connectivity index (χ1) is 6.66. The SMILES string of the molecule is Nc1cc(-c2ccc(Cl)s2)ccc1Br. The Morgan fingerprint density at radius 2 is 2.00 bits per heavy atom. The number of hydrogen-bond donors (Lipinski definition) is 1. The van der Waals surface area contributed by atoms with Crippen LogP contribution in [0, 0.1) is 0 Å². The summed E-state index contributed by atoms with van der Waals surface area (Å²) in [7, 11) is 0. The molecule has 0 aliphatic carbocycles. The molecule has 72 valence electrons. The van der Waals surface area contributed by atoms with Gasteiger partial charge in [-0.05, 0) is 45.8 Å². The number of hydrogen-bond acceptors (Lipinski definition) is 2. The molecule has 0 radical (unpaired) electrons. The fourth-order valence-electron chi connectivity index (χ4n) is 1.17. The molecule has 0 unspecified atom stereocenters. The molecular formula is C10H7BrClNS. The second-order valence-corrected chi connectivity index (χ2v) is 5.41. The van der Waals surface area contributed by atoms with Crippen LogP contribution >= 0.6 is 38.9 Å². The Morgan fingerprint density at radius 1 is 1.21 bits per heavy atom. The fourth-order valence-corrected chi connectivity index (χ4v) is 2.45. The highest BCUT2D eigenvalue weighted by atomic mass is 79.9. The summed E-state index contributed by atoms with van der Waals surface area (Å²) in [5, 5.41) is 0. The van der Waals surface area contributed by atoms with Gasteiger partial charge in [-0.15, -0.1) is 11.3 Å². The molecule has 4 heteroatoms. The monoisotopic (exact) mass is 287 g/mol. The largest absolute Gasteiger partial charge is 0.398 e. The zero-order valence-corrected chi connectivity index (χ0v) is 10.3. The van der Waals surface area contributed by atoms with E-state index in [2.05, 4.69) is 15.9 Å². The van der Waals surface area contributed by atoms with Crippen LogP contribution in [-0.4, -0.2) is 0 Å². The van der Waals surface area contributed by atoms with Crippen molar-refractivity contribution >= 4 is 44.6 Å². The van der Waals surface area contributed by atoms with Gasteiger partial charge < -0.3 is 5.73 Å². The fraction of sp³-hybridized carbons (Fsp3) is 0. The molecular weight excluding hydrogens is 282 g/mol. The van der Waals surface area contributed by atoms with Gasteiger partial charge in [0.2, 0.25) is 0 Å². The van der Waals surface area contributed by atoms with Gasteiger partial charge in [-0.2, -0.15) is 0 Å². The van der Waals surface area contributed by atoms with Crippen LogP contribution < -0.4 is 5.73 Å². The van der Waals surface area contributed by atoms with Crippen LogP contribution in [0.25, 0.3) is 10.4 Å². The summed E-state index contributed by atoms with van der Waals surface area (Å²) in [4.78, 5) is 1.13. The first-order valence-electron chi connectivity index (χ1n) is 3.97. The number of thiophene rings is 1. The van der Waals surface area contributed by atoms with Crippen molar-refractivity contribution in [1.29, 1.82) is 0 Å². The highest BCUT2D eigenvalue weighted by Crippen LogP contribution is 2.33. The summed E-state index contributed by atoms with van der Waals surface area (Å²) in [6.45, 7) is 0. The second kappa shape index (κ2) is 3.93. The first-order valence-corrected chi connectivity index (χ1v) is 5.96. The van der Waals surface area contributed by atoms with Crippen molar-refractivity contribution in [2.75, 3.05) is 5.73 Å². The Hall–Kier alpha value is -0.510. The summed E-state index contributed by atoms with van der Waals surface area (Å²) in [6, 6.07) is 9.78. The molecule has 1 heterocycles. The quantitative estimate of drug-likeness (QED) is 0.773. The third-order valence-electron chi connectivity index (χ3n) is 1.85. The average Bonchev–Trinajstić information content (AvgIpc) is 2.57. The summed E-state index contributed by atoms with van der Waals surface area (Å²) in [5.74, 6) is 0. The van der Waals surface area contributed by atoms with Gasteiger partial charge in [0.1, 0.15) is 0 Å². The Morgan fingerprint density at radius 3 is 2.57 bits per heavy atom. The Kier molecular flexibility index (Phi) is 2.81. The third-order valence-corrected chi connectivity index (χ3v) is 3.86. The van der Waals surface area contributed by atoms with E-state index in [1.165, 1.54) is 0 Å². The molecule has 0 aliphatic rings. The van der Waals surface area contributed by atoms with Crippen molar-refractivity contribution in [1.82, 2.24) is 0 Å². The lowest BCUT2D eigenvalue weighted by Gasteiger charge is -2.01. The Balaban J connectivity index is 2.47. The van der Waals surface area contributed by atoms with E-state index in [1.54, 1.807) is 11.3 Å². The van der Waals surface area contributed by atoms with Gasteiger partial charge in [-0.25, -0.2) is 0 Å². The lowest BCUT2D eigenvalue weighted by molar-refractivity contribution is 1.63. The van der Waals surface area contributed by atoms with Gasteiger partial charge in [0.05, 0.1) is 4.34 Å². The average molecular weight is 289 g/mol. The highest BCUT2D eigenvalue weighted by Gasteiger charge is 2.03. The topological polar surface area (TPSA) is 26.0 Å². The highest BCUT2D eigenvalue weighted by molar-refractivity contribution is 9.10. The van der Waals surface area contributed by atoms with Gasteiger partial charge in [0, 0.05) is 15.0 Å². The number of nitrogen functional groups attached to an aromatic ring is 1. The van der Waals surface area contributed by atoms with Crippen molar-refractivity contribution in [3.05, 3.63) is 39.1 Å². The van der Waals surface area contributed by atoms with Crippen LogP contribution in [0.3, 0.4) is 0 Å². The zero-order valence-electron chi connectivity index (χ0n) is 7.13. The smallest absolute Gasteiger partial charge is 0.0934 e. The summed E-state index contributed by atoms with van der Waals surface area (Å²) < 4.78 is 1.71. The molecule has 1 aromatic carbocycles. The minimum absolute atomic E-state index is 0.743. The first kappa shape index (κ1) is 10.0. The van der Waals surface area contributed by atoms with Gasteiger partial charge in [0.25, 0.3) is 0 Å². The second-order valence-electron chi connectivity index (χ2n) is 2.84. The zero-order chi connectivity index (χ0) is 10.1. The van der Waals surface area contributed by atoms with Crippen molar-refractivity contribution < 1.29 is 0 Å². The van der Waals surface area contributed by atoms with Crippen molar-refractivity contribution in [2.45, 2.75) is 0 Å². The van der Waals surface area contributed by atoms with Crippen molar-refractivity contribution in [3.63, 3.8) is 0 Å². The maximum Gasteiger partial charge on any atom is 0.0934 e. The van der Waals surface area contributed by atoms with E-state index in [0.717, 1.165) is 24.9 Å². The molecule has 0 atom stereocenters. The molecule has 1 aromatic heterocycles. The minimum Gasteiger partial charge on any atom is -0.398 e. The van der Waals surface area contributed by atoms with E-state index in [0.29, 0.717) is 0 Å². The van der Waals surface area contributed by atoms with Gasteiger partial charge >= 0.3 is 0 Å². The van der Waals surface area contributed by atoms with E-state index in [9.17, 15) is 0 Å². The lowest BCUT2D eigenvalue weighted by Crippen LogP contribution is -1.86. The predicted molar refractivity (Wildman–Crippen MR) is 66.9 cm³/mol. The van der Waals surface area contributed by atoms with Crippen LogP contribution in [0.4, 0.5) is 5.69 Å². The van der Waals surface area contributed by atoms with E-state index < -0.39 is 0 Å². The Labute approximate surface area is 99.6 Å². The molecule has 0 bridgehead atoms. The normalized spacial score (nSPS) is 10.4. The van der Waals surface area contributed by atoms with Gasteiger partial charge in [0.15, 0.2) is 0 Å². The minimum atomic E-state index is 0.743. The molecule has 0 aliphatic heterocycles. The van der Waals surface area contributed by atoms with E-state index in [4.69, 9.17) is 17.3 Å². The van der Waals surface area contributed by atoms with Crippen molar-refractivity contribution in [3.8, 4) is 10.4 Å². The number of nitrogens with two attached hydrogens (primary N) is 1.